The van der Waals surface area contributed by atoms with Crippen LogP contribution >= 0.6 is 0 Å². The van der Waals surface area contributed by atoms with Gasteiger partial charge in [-0.05, 0) is 29.7 Å². The highest BCUT2D eigenvalue weighted by atomic mass is 16.4. The number of rotatable bonds is 4. The molecule has 1 atom stereocenters. The molecule has 0 unspecified atom stereocenters. The maximum atomic E-state index is 5.95. The van der Waals surface area contributed by atoms with Crippen LogP contribution in [0.2, 0.25) is 0 Å². The lowest BCUT2D eigenvalue weighted by molar-refractivity contribution is 0.125. The van der Waals surface area contributed by atoms with Gasteiger partial charge in [-0.15, -0.1) is 10.2 Å². The summed E-state index contributed by atoms with van der Waals surface area (Å²) in [6, 6.07) is 16.4. The SMILES string of the molecule is CCc1nnc([C@@H]2Cc3ccccc3CN2Cc2nc3ccccc3o2)o1. The van der Waals surface area contributed by atoms with Crippen molar-refractivity contribution in [3.05, 3.63) is 77.3 Å². The molecule has 1 aliphatic rings. The molecule has 0 fully saturated rings. The maximum Gasteiger partial charge on any atom is 0.233 e. The summed E-state index contributed by atoms with van der Waals surface area (Å²) in [4.78, 5) is 6.94. The van der Waals surface area contributed by atoms with E-state index in [1.807, 2.05) is 31.2 Å². The first kappa shape index (κ1) is 16.2. The average Bonchev–Trinajstić information content (AvgIpc) is 3.33. The van der Waals surface area contributed by atoms with Gasteiger partial charge in [0.05, 0.1) is 12.6 Å². The first-order valence-electron chi connectivity index (χ1n) is 9.27. The monoisotopic (exact) mass is 360 g/mol. The standard InChI is InChI=1S/C21H20N4O2/c1-2-19-23-24-21(27-19)17-11-14-7-3-4-8-15(14)12-25(17)13-20-22-16-9-5-6-10-18(16)26-20/h3-10,17H,2,11-13H2,1H3/t17-/m0/s1. The second-order valence-corrected chi connectivity index (χ2v) is 6.86. The number of aryl methyl sites for hydroxylation is 1. The first-order valence-corrected chi connectivity index (χ1v) is 9.27. The fraction of sp³-hybridized carbons (Fsp3) is 0.286. The third-order valence-electron chi connectivity index (χ3n) is 5.09. The lowest BCUT2D eigenvalue weighted by Crippen LogP contribution is -2.34. The number of hydrogen-bond donors (Lipinski definition) is 0. The number of aromatic nitrogens is 3. The molecule has 0 bridgehead atoms. The van der Waals surface area contributed by atoms with E-state index in [9.17, 15) is 0 Å². The van der Waals surface area contributed by atoms with Gasteiger partial charge in [0, 0.05) is 13.0 Å². The third-order valence-corrected chi connectivity index (χ3v) is 5.09. The van der Waals surface area contributed by atoms with Crippen molar-refractivity contribution in [3.8, 4) is 0 Å². The van der Waals surface area contributed by atoms with Gasteiger partial charge >= 0.3 is 0 Å². The molecule has 0 radical (unpaired) electrons. The molecule has 0 N–H and O–H groups in total. The summed E-state index contributed by atoms with van der Waals surface area (Å²) >= 11 is 0. The zero-order valence-corrected chi connectivity index (χ0v) is 15.1. The quantitative estimate of drug-likeness (QED) is 0.546. The highest BCUT2D eigenvalue weighted by molar-refractivity contribution is 5.72. The largest absolute Gasteiger partial charge is 0.439 e. The molecule has 2 aromatic heterocycles. The molecule has 3 heterocycles. The third kappa shape index (κ3) is 3.02. The molecule has 0 saturated heterocycles. The van der Waals surface area contributed by atoms with Crippen LogP contribution in [-0.4, -0.2) is 20.1 Å². The van der Waals surface area contributed by atoms with Gasteiger partial charge in [-0.25, -0.2) is 4.98 Å². The van der Waals surface area contributed by atoms with Gasteiger partial charge in [-0.3, -0.25) is 4.90 Å². The van der Waals surface area contributed by atoms with E-state index in [1.165, 1.54) is 11.1 Å². The van der Waals surface area contributed by atoms with Gasteiger partial charge in [0.25, 0.3) is 0 Å². The minimum atomic E-state index is 0.0164. The number of nitrogens with zero attached hydrogens (tertiary/aromatic N) is 4. The molecule has 1 aliphatic heterocycles. The predicted molar refractivity (Wildman–Crippen MR) is 99.8 cm³/mol. The van der Waals surface area contributed by atoms with E-state index in [0.29, 0.717) is 24.2 Å². The van der Waals surface area contributed by atoms with Crippen LogP contribution in [0.3, 0.4) is 0 Å². The molecular weight excluding hydrogens is 340 g/mol. The Kier molecular flexibility index (Phi) is 3.98. The molecular formula is C21H20N4O2. The Morgan fingerprint density at radius 3 is 2.59 bits per heavy atom. The average molecular weight is 360 g/mol. The van der Waals surface area contributed by atoms with Crippen molar-refractivity contribution in [2.45, 2.75) is 38.9 Å². The molecule has 6 heteroatoms. The Bertz CT molecular complexity index is 1050. The van der Waals surface area contributed by atoms with Crippen molar-refractivity contribution in [2.75, 3.05) is 0 Å². The Morgan fingerprint density at radius 2 is 1.78 bits per heavy atom. The minimum absolute atomic E-state index is 0.0164. The Balaban J connectivity index is 1.50. The summed E-state index contributed by atoms with van der Waals surface area (Å²) in [5.74, 6) is 2.04. The number of oxazole rings is 1. The fourth-order valence-electron chi connectivity index (χ4n) is 3.69. The zero-order chi connectivity index (χ0) is 18.2. The number of para-hydroxylation sites is 2. The molecule has 2 aromatic carbocycles. The first-order chi connectivity index (χ1) is 13.3. The van der Waals surface area contributed by atoms with E-state index < -0.39 is 0 Å². The molecule has 0 spiro atoms. The normalized spacial score (nSPS) is 17.3. The Hall–Kier alpha value is -2.99. The molecule has 0 amide bonds. The van der Waals surface area contributed by atoms with E-state index in [-0.39, 0.29) is 6.04 Å². The van der Waals surface area contributed by atoms with Gasteiger partial charge < -0.3 is 8.83 Å². The highest BCUT2D eigenvalue weighted by Gasteiger charge is 2.32. The van der Waals surface area contributed by atoms with Gasteiger partial charge in [0.2, 0.25) is 17.7 Å². The van der Waals surface area contributed by atoms with E-state index >= 15 is 0 Å². The lowest BCUT2D eigenvalue weighted by Gasteiger charge is -2.34. The van der Waals surface area contributed by atoms with Crippen molar-refractivity contribution >= 4 is 11.1 Å². The second kappa shape index (κ2) is 6.63. The molecule has 0 aliphatic carbocycles. The van der Waals surface area contributed by atoms with E-state index in [2.05, 4.69) is 44.3 Å². The van der Waals surface area contributed by atoms with Gasteiger partial charge in [0.15, 0.2) is 5.58 Å². The van der Waals surface area contributed by atoms with Crippen molar-refractivity contribution in [2.24, 2.45) is 0 Å². The van der Waals surface area contributed by atoms with Crippen LogP contribution in [0.4, 0.5) is 0 Å². The van der Waals surface area contributed by atoms with Crippen LogP contribution in [0.5, 0.6) is 0 Å². The van der Waals surface area contributed by atoms with Crippen molar-refractivity contribution in [1.82, 2.24) is 20.1 Å². The van der Waals surface area contributed by atoms with Crippen LogP contribution in [0.1, 0.15) is 41.8 Å². The Labute approximate surface area is 156 Å². The van der Waals surface area contributed by atoms with Crippen molar-refractivity contribution < 1.29 is 8.83 Å². The van der Waals surface area contributed by atoms with E-state index in [0.717, 1.165) is 30.5 Å². The summed E-state index contributed by atoms with van der Waals surface area (Å²) in [7, 11) is 0. The molecule has 6 nitrogen and oxygen atoms in total. The number of hydrogen-bond acceptors (Lipinski definition) is 6. The summed E-state index contributed by atoms with van der Waals surface area (Å²) < 4.78 is 11.8. The van der Waals surface area contributed by atoms with Crippen LogP contribution in [0.15, 0.2) is 57.4 Å². The topological polar surface area (TPSA) is 68.2 Å². The van der Waals surface area contributed by atoms with E-state index in [1.54, 1.807) is 0 Å². The maximum absolute atomic E-state index is 5.95. The lowest BCUT2D eigenvalue weighted by atomic mass is 9.94. The second-order valence-electron chi connectivity index (χ2n) is 6.86. The molecule has 4 aromatic rings. The van der Waals surface area contributed by atoms with E-state index in [4.69, 9.17) is 8.83 Å². The van der Waals surface area contributed by atoms with Gasteiger partial charge in [0.1, 0.15) is 5.52 Å². The van der Waals surface area contributed by atoms with Crippen LogP contribution in [-0.2, 0) is 25.9 Å². The Morgan fingerprint density at radius 1 is 0.963 bits per heavy atom. The summed E-state index contributed by atoms with van der Waals surface area (Å²) in [6.45, 7) is 3.41. The summed E-state index contributed by atoms with van der Waals surface area (Å²) in [5.41, 5.74) is 4.34. The van der Waals surface area contributed by atoms with Gasteiger partial charge in [-0.2, -0.15) is 0 Å². The molecule has 136 valence electrons. The number of fused-ring (bicyclic) bond motifs is 2. The minimum Gasteiger partial charge on any atom is -0.439 e. The smallest absolute Gasteiger partial charge is 0.233 e. The fourth-order valence-corrected chi connectivity index (χ4v) is 3.69. The van der Waals surface area contributed by atoms with Crippen LogP contribution < -0.4 is 0 Å². The summed E-state index contributed by atoms with van der Waals surface area (Å²) in [5, 5.41) is 8.47. The number of benzene rings is 2. The van der Waals surface area contributed by atoms with Crippen LogP contribution in [0.25, 0.3) is 11.1 Å². The molecule has 27 heavy (non-hydrogen) atoms. The molecule has 5 rings (SSSR count). The highest BCUT2D eigenvalue weighted by Crippen LogP contribution is 2.34. The predicted octanol–water partition coefficient (Wildman–Crippen LogP) is 4.07. The van der Waals surface area contributed by atoms with Crippen molar-refractivity contribution in [1.29, 1.82) is 0 Å². The molecule has 0 saturated carbocycles. The van der Waals surface area contributed by atoms with Crippen LogP contribution in [0, 0.1) is 0 Å². The van der Waals surface area contributed by atoms with Crippen molar-refractivity contribution in [3.63, 3.8) is 0 Å². The van der Waals surface area contributed by atoms with Gasteiger partial charge in [-0.1, -0.05) is 43.3 Å². The summed E-state index contributed by atoms with van der Waals surface area (Å²) in [6.07, 6.45) is 1.57. The zero-order valence-electron chi connectivity index (χ0n) is 15.1.